The molecule has 0 aliphatic carbocycles. The van der Waals surface area contributed by atoms with Gasteiger partial charge in [-0.15, -0.1) is 0 Å². The van der Waals surface area contributed by atoms with Crippen molar-refractivity contribution in [1.29, 1.82) is 0 Å². The zero-order valence-corrected chi connectivity index (χ0v) is 10.5. The van der Waals surface area contributed by atoms with Crippen LogP contribution < -0.4 is 5.32 Å². The number of hydrogen-bond donors (Lipinski definition) is 2. The van der Waals surface area contributed by atoms with Crippen LogP contribution in [0.1, 0.15) is 25.7 Å². The zero-order valence-electron chi connectivity index (χ0n) is 10.5. The molecule has 1 aromatic heterocycles. The molecule has 0 radical (unpaired) electrons. The van der Waals surface area contributed by atoms with E-state index >= 15 is 0 Å². The van der Waals surface area contributed by atoms with Crippen molar-refractivity contribution in [2.24, 2.45) is 0 Å². The van der Waals surface area contributed by atoms with Gasteiger partial charge in [-0.3, -0.25) is 0 Å². The highest BCUT2D eigenvalue weighted by Crippen LogP contribution is 2.18. The number of aliphatic hydroxyl groups is 1. The normalized spacial score (nSPS) is 10.7. The van der Waals surface area contributed by atoms with Crippen LogP contribution in [0, 0.1) is 0 Å². The lowest BCUT2D eigenvalue weighted by molar-refractivity contribution is 0.283. The molecule has 1 aromatic carbocycles. The highest BCUT2D eigenvalue weighted by molar-refractivity contribution is 5.88. The Morgan fingerprint density at radius 1 is 1.00 bits per heavy atom. The molecule has 18 heavy (non-hydrogen) atoms. The first-order chi connectivity index (χ1) is 8.92. The van der Waals surface area contributed by atoms with E-state index in [4.69, 9.17) is 5.11 Å². The first kappa shape index (κ1) is 12.8. The van der Waals surface area contributed by atoms with Crippen molar-refractivity contribution in [3.8, 4) is 0 Å². The highest BCUT2D eigenvalue weighted by Gasteiger charge is 2.01. The van der Waals surface area contributed by atoms with Gasteiger partial charge in [0.25, 0.3) is 0 Å². The number of para-hydroxylation sites is 1. The number of nitrogens with one attached hydrogen (secondary N) is 1. The van der Waals surface area contributed by atoms with Crippen molar-refractivity contribution in [2.75, 3.05) is 18.5 Å². The largest absolute Gasteiger partial charge is 0.396 e. The van der Waals surface area contributed by atoms with E-state index < -0.39 is 0 Å². The molecule has 0 unspecified atom stereocenters. The zero-order chi connectivity index (χ0) is 12.6. The molecular formula is C14H19N3O. The Bertz CT molecular complexity index is 482. The molecule has 1 heterocycles. The highest BCUT2D eigenvalue weighted by atomic mass is 16.2. The minimum absolute atomic E-state index is 0.296. The summed E-state index contributed by atoms with van der Waals surface area (Å²) in [5, 5.41) is 13.1. The number of aliphatic hydroxyl groups excluding tert-OH is 1. The maximum atomic E-state index is 8.69. The summed E-state index contributed by atoms with van der Waals surface area (Å²) in [5.41, 5.74) is 0.968. The summed E-state index contributed by atoms with van der Waals surface area (Å²) in [6, 6.07) is 8.00. The van der Waals surface area contributed by atoms with Gasteiger partial charge in [-0.05, 0) is 25.0 Å². The second kappa shape index (κ2) is 6.91. The number of fused-ring (bicyclic) bond motifs is 1. The van der Waals surface area contributed by atoms with Crippen LogP contribution in [-0.4, -0.2) is 28.2 Å². The molecule has 0 aliphatic heterocycles. The fraction of sp³-hybridized carbons (Fsp3) is 0.429. The van der Waals surface area contributed by atoms with Gasteiger partial charge in [-0.25, -0.2) is 9.97 Å². The fourth-order valence-electron chi connectivity index (χ4n) is 1.94. The Labute approximate surface area is 107 Å². The summed E-state index contributed by atoms with van der Waals surface area (Å²) in [6.45, 7) is 1.20. The molecule has 0 saturated heterocycles. The van der Waals surface area contributed by atoms with Crippen LogP contribution in [0.2, 0.25) is 0 Å². The fourth-order valence-corrected chi connectivity index (χ4v) is 1.94. The van der Waals surface area contributed by atoms with Gasteiger partial charge in [0.1, 0.15) is 12.1 Å². The monoisotopic (exact) mass is 245 g/mol. The second-order valence-corrected chi connectivity index (χ2v) is 4.30. The van der Waals surface area contributed by atoms with E-state index in [-0.39, 0.29) is 0 Å². The molecule has 0 bridgehead atoms. The van der Waals surface area contributed by atoms with E-state index in [0.717, 1.165) is 48.9 Å². The van der Waals surface area contributed by atoms with E-state index in [1.54, 1.807) is 6.33 Å². The second-order valence-electron chi connectivity index (χ2n) is 4.30. The first-order valence-electron chi connectivity index (χ1n) is 6.46. The molecule has 0 spiro atoms. The van der Waals surface area contributed by atoms with Gasteiger partial charge < -0.3 is 10.4 Å². The van der Waals surface area contributed by atoms with Gasteiger partial charge >= 0.3 is 0 Å². The summed E-state index contributed by atoms with van der Waals surface area (Å²) in [4.78, 5) is 8.51. The van der Waals surface area contributed by atoms with Gasteiger partial charge in [-0.1, -0.05) is 25.0 Å². The number of rotatable bonds is 7. The average molecular weight is 245 g/mol. The summed E-state index contributed by atoms with van der Waals surface area (Å²) in [5.74, 6) is 0.905. The van der Waals surface area contributed by atoms with Crippen LogP contribution in [0.15, 0.2) is 30.6 Å². The average Bonchev–Trinajstić information content (AvgIpc) is 2.43. The van der Waals surface area contributed by atoms with Gasteiger partial charge in [0.05, 0.1) is 5.52 Å². The minimum Gasteiger partial charge on any atom is -0.396 e. The van der Waals surface area contributed by atoms with E-state index in [2.05, 4.69) is 15.3 Å². The molecule has 4 heteroatoms. The Morgan fingerprint density at radius 2 is 1.83 bits per heavy atom. The molecule has 0 amide bonds. The lowest BCUT2D eigenvalue weighted by atomic mass is 10.2. The van der Waals surface area contributed by atoms with Crippen molar-refractivity contribution in [3.05, 3.63) is 30.6 Å². The summed E-state index contributed by atoms with van der Waals surface area (Å²) in [7, 11) is 0. The number of nitrogens with zero attached hydrogens (tertiary/aromatic N) is 2. The van der Waals surface area contributed by atoms with Crippen molar-refractivity contribution >= 4 is 16.7 Å². The van der Waals surface area contributed by atoms with Crippen molar-refractivity contribution < 1.29 is 5.11 Å². The standard InChI is InChI=1S/C14H19N3O/c18-10-6-2-1-5-9-15-14-12-7-3-4-8-13(12)16-11-17-14/h3-4,7-8,11,18H,1-2,5-6,9-10H2,(H,15,16,17). The number of aromatic nitrogens is 2. The third kappa shape index (κ3) is 3.40. The number of hydrogen-bond acceptors (Lipinski definition) is 4. The van der Waals surface area contributed by atoms with E-state index in [1.807, 2.05) is 24.3 Å². The summed E-state index contributed by atoms with van der Waals surface area (Å²) >= 11 is 0. The predicted molar refractivity (Wildman–Crippen MR) is 73.6 cm³/mol. The molecule has 0 atom stereocenters. The van der Waals surface area contributed by atoms with Crippen molar-refractivity contribution in [1.82, 2.24) is 9.97 Å². The molecule has 2 rings (SSSR count). The quantitative estimate of drug-likeness (QED) is 0.736. The molecule has 0 saturated carbocycles. The number of unbranched alkanes of at least 4 members (excludes halogenated alkanes) is 3. The smallest absolute Gasteiger partial charge is 0.137 e. The Kier molecular flexibility index (Phi) is 4.90. The first-order valence-corrected chi connectivity index (χ1v) is 6.46. The lowest BCUT2D eigenvalue weighted by Crippen LogP contribution is -2.04. The molecule has 96 valence electrons. The van der Waals surface area contributed by atoms with Crippen LogP contribution in [0.4, 0.5) is 5.82 Å². The van der Waals surface area contributed by atoms with Crippen LogP contribution in [-0.2, 0) is 0 Å². The van der Waals surface area contributed by atoms with Crippen LogP contribution in [0.3, 0.4) is 0 Å². The molecule has 0 fully saturated rings. The molecule has 2 aromatic rings. The number of benzene rings is 1. The molecule has 2 N–H and O–H groups in total. The predicted octanol–water partition coefficient (Wildman–Crippen LogP) is 2.59. The molecule has 0 aliphatic rings. The van der Waals surface area contributed by atoms with E-state index in [0.29, 0.717) is 6.61 Å². The van der Waals surface area contributed by atoms with Crippen LogP contribution in [0.5, 0.6) is 0 Å². The van der Waals surface area contributed by atoms with Crippen molar-refractivity contribution in [2.45, 2.75) is 25.7 Å². The third-order valence-corrected chi connectivity index (χ3v) is 2.92. The Balaban J connectivity index is 1.88. The van der Waals surface area contributed by atoms with Crippen LogP contribution in [0.25, 0.3) is 10.9 Å². The van der Waals surface area contributed by atoms with Gasteiger partial charge in [-0.2, -0.15) is 0 Å². The van der Waals surface area contributed by atoms with Crippen molar-refractivity contribution in [3.63, 3.8) is 0 Å². The number of anilines is 1. The van der Waals surface area contributed by atoms with E-state index in [1.165, 1.54) is 0 Å². The molecule has 4 nitrogen and oxygen atoms in total. The van der Waals surface area contributed by atoms with Crippen LogP contribution >= 0.6 is 0 Å². The van der Waals surface area contributed by atoms with Gasteiger partial charge in [0.15, 0.2) is 0 Å². The topological polar surface area (TPSA) is 58.0 Å². The van der Waals surface area contributed by atoms with Gasteiger partial charge in [0, 0.05) is 18.5 Å². The van der Waals surface area contributed by atoms with E-state index in [9.17, 15) is 0 Å². The SMILES string of the molecule is OCCCCCCNc1ncnc2ccccc12. The lowest BCUT2D eigenvalue weighted by Gasteiger charge is -2.07. The third-order valence-electron chi connectivity index (χ3n) is 2.92. The maximum absolute atomic E-state index is 8.69. The summed E-state index contributed by atoms with van der Waals surface area (Å²) in [6.07, 6.45) is 5.81. The Hall–Kier alpha value is -1.68. The molecular weight excluding hydrogens is 226 g/mol. The van der Waals surface area contributed by atoms with Gasteiger partial charge in [0.2, 0.25) is 0 Å². The maximum Gasteiger partial charge on any atom is 0.137 e. The Morgan fingerprint density at radius 3 is 2.72 bits per heavy atom. The summed E-state index contributed by atoms with van der Waals surface area (Å²) < 4.78 is 0. The minimum atomic E-state index is 0.296.